The molecule has 1 unspecified atom stereocenters. The minimum absolute atomic E-state index is 0.0614. The van der Waals surface area contributed by atoms with E-state index in [0.717, 1.165) is 30.2 Å². The van der Waals surface area contributed by atoms with E-state index in [2.05, 4.69) is 4.72 Å². The molecule has 3 N–H and O–H groups in total. The Morgan fingerprint density at radius 2 is 2.39 bits per heavy atom. The normalized spacial score (nSPS) is 20.4. The van der Waals surface area contributed by atoms with Gasteiger partial charge in [0.1, 0.15) is 0 Å². The summed E-state index contributed by atoms with van der Waals surface area (Å²) in [5.74, 6) is 1.88. The van der Waals surface area contributed by atoms with Gasteiger partial charge in [-0.2, -0.15) is 11.8 Å². The van der Waals surface area contributed by atoms with Crippen molar-refractivity contribution in [1.82, 2.24) is 9.29 Å². The summed E-state index contributed by atoms with van der Waals surface area (Å²) in [4.78, 5) is 0.321. The summed E-state index contributed by atoms with van der Waals surface area (Å²) in [5, 5.41) is 0. The van der Waals surface area contributed by atoms with Gasteiger partial charge in [0.2, 0.25) is 10.0 Å². The summed E-state index contributed by atoms with van der Waals surface area (Å²) < 4.78 is 29.1. The molecule has 2 rings (SSSR count). The third-order valence-corrected chi connectivity index (χ3v) is 5.72. The molecule has 5 nitrogen and oxygen atoms in total. The lowest BCUT2D eigenvalue weighted by Crippen LogP contribution is -2.34. The molecule has 1 aliphatic rings. The van der Waals surface area contributed by atoms with Gasteiger partial charge in [-0.15, -0.1) is 0 Å². The van der Waals surface area contributed by atoms with Gasteiger partial charge in [-0.05, 0) is 25.2 Å². The molecule has 7 heteroatoms. The molecule has 2 heterocycles. The lowest BCUT2D eigenvalue weighted by atomic mass is 10.3. The van der Waals surface area contributed by atoms with E-state index in [9.17, 15) is 8.42 Å². The van der Waals surface area contributed by atoms with Crippen LogP contribution in [0.3, 0.4) is 0 Å². The van der Waals surface area contributed by atoms with Crippen LogP contribution in [0.2, 0.25) is 0 Å². The first kappa shape index (κ1) is 13.9. The van der Waals surface area contributed by atoms with Crippen molar-refractivity contribution >= 4 is 21.8 Å². The molecular weight excluding hydrogens is 270 g/mol. The molecular formula is C11H19N3O2S2. The van der Waals surface area contributed by atoms with E-state index < -0.39 is 10.0 Å². The molecule has 1 atom stereocenters. The van der Waals surface area contributed by atoms with Crippen LogP contribution in [0.5, 0.6) is 0 Å². The molecule has 0 saturated carbocycles. The van der Waals surface area contributed by atoms with Crippen LogP contribution in [0.15, 0.2) is 17.2 Å². The Bertz CT molecular complexity index is 483. The van der Waals surface area contributed by atoms with Crippen LogP contribution in [0, 0.1) is 0 Å². The van der Waals surface area contributed by atoms with Crippen molar-refractivity contribution in [3.05, 3.63) is 18.0 Å². The maximum atomic E-state index is 12.2. The van der Waals surface area contributed by atoms with Gasteiger partial charge in [0.15, 0.2) is 0 Å². The minimum atomic E-state index is -3.41. The number of sulfonamides is 1. The molecule has 0 bridgehead atoms. The highest BCUT2D eigenvalue weighted by atomic mass is 32.2. The molecule has 0 amide bonds. The molecule has 0 aliphatic carbocycles. The summed E-state index contributed by atoms with van der Waals surface area (Å²) in [5.41, 5.74) is 6.45. The van der Waals surface area contributed by atoms with Crippen LogP contribution >= 0.6 is 11.8 Å². The fourth-order valence-corrected chi connectivity index (χ4v) is 4.64. The van der Waals surface area contributed by atoms with E-state index in [1.165, 1.54) is 0 Å². The molecule has 1 aliphatic heterocycles. The second-order valence-electron chi connectivity index (χ2n) is 4.34. The summed E-state index contributed by atoms with van der Waals surface area (Å²) in [6, 6.07) is 1.72. The highest BCUT2D eigenvalue weighted by molar-refractivity contribution is 7.99. The van der Waals surface area contributed by atoms with Gasteiger partial charge >= 0.3 is 0 Å². The van der Waals surface area contributed by atoms with E-state index in [1.807, 2.05) is 11.5 Å². The van der Waals surface area contributed by atoms with Gasteiger partial charge in [-0.25, -0.2) is 13.1 Å². The van der Waals surface area contributed by atoms with Crippen LogP contribution in [0.1, 0.15) is 19.0 Å². The average molecular weight is 289 g/mol. The Kier molecular flexibility index (Phi) is 4.37. The van der Waals surface area contributed by atoms with Gasteiger partial charge < -0.3 is 10.3 Å². The van der Waals surface area contributed by atoms with Crippen LogP contribution < -0.4 is 10.5 Å². The van der Waals surface area contributed by atoms with Gasteiger partial charge in [0.25, 0.3) is 0 Å². The van der Waals surface area contributed by atoms with Crippen molar-refractivity contribution in [2.24, 2.45) is 5.73 Å². The monoisotopic (exact) mass is 289 g/mol. The lowest BCUT2D eigenvalue weighted by molar-refractivity contribution is 0.563. The molecule has 0 radical (unpaired) electrons. The standard InChI is InChI=1S/C11H19N3O2S2/c1-2-14-7-11(5-10(14)6-12)18(15,16)13-9-3-4-17-8-9/h5,7,9,13H,2-4,6,8,12H2,1H3. The van der Waals surface area contributed by atoms with Gasteiger partial charge in [-0.1, -0.05) is 0 Å². The third-order valence-electron chi connectivity index (χ3n) is 3.07. The highest BCUT2D eigenvalue weighted by Crippen LogP contribution is 2.20. The molecule has 102 valence electrons. The predicted molar refractivity (Wildman–Crippen MR) is 74.0 cm³/mol. The minimum Gasteiger partial charge on any atom is -0.349 e. The van der Waals surface area contributed by atoms with Crippen molar-refractivity contribution in [2.75, 3.05) is 11.5 Å². The van der Waals surface area contributed by atoms with Crippen molar-refractivity contribution in [1.29, 1.82) is 0 Å². The van der Waals surface area contributed by atoms with Crippen molar-refractivity contribution in [2.45, 2.75) is 37.4 Å². The van der Waals surface area contributed by atoms with Crippen LogP contribution in [0.25, 0.3) is 0 Å². The van der Waals surface area contributed by atoms with Gasteiger partial charge in [0, 0.05) is 36.8 Å². The number of aryl methyl sites for hydroxylation is 1. The fraction of sp³-hybridized carbons (Fsp3) is 0.636. The number of hydrogen-bond donors (Lipinski definition) is 2. The number of aromatic nitrogens is 1. The second kappa shape index (κ2) is 5.64. The Labute approximate surface area is 112 Å². The number of hydrogen-bond acceptors (Lipinski definition) is 4. The largest absolute Gasteiger partial charge is 0.349 e. The van der Waals surface area contributed by atoms with Crippen molar-refractivity contribution < 1.29 is 8.42 Å². The Morgan fingerprint density at radius 1 is 1.61 bits per heavy atom. The fourth-order valence-electron chi connectivity index (χ4n) is 2.05. The third kappa shape index (κ3) is 2.90. The average Bonchev–Trinajstić information content (AvgIpc) is 2.96. The summed E-state index contributed by atoms with van der Waals surface area (Å²) in [7, 11) is -3.41. The molecule has 1 fully saturated rings. The SMILES string of the molecule is CCn1cc(S(=O)(=O)NC2CCSC2)cc1CN. The number of nitrogens with one attached hydrogen (secondary N) is 1. The Hall–Kier alpha value is -0.500. The second-order valence-corrected chi connectivity index (χ2v) is 7.20. The van der Waals surface area contributed by atoms with Crippen LogP contribution in [0.4, 0.5) is 0 Å². The van der Waals surface area contributed by atoms with Crippen LogP contribution in [-0.4, -0.2) is 30.5 Å². The molecule has 0 spiro atoms. The summed E-state index contributed by atoms with van der Waals surface area (Å²) in [6.07, 6.45) is 2.56. The van der Waals surface area contributed by atoms with Crippen molar-refractivity contribution in [3.63, 3.8) is 0 Å². The molecule has 18 heavy (non-hydrogen) atoms. The van der Waals surface area contributed by atoms with E-state index in [-0.39, 0.29) is 6.04 Å². The highest BCUT2D eigenvalue weighted by Gasteiger charge is 2.24. The van der Waals surface area contributed by atoms with Gasteiger partial charge in [0.05, 0.1) is 4.90 Å². The molecule has 1 aromatic heterocycles. The quantitative estimate of drug-likeness (QED) is 0.838. The predicted octanol–water partition coefficient (Wildman–Crippen LogP) is 0.750. The Morgan fingerprint density at radius 3 is 2.89 bits per heavy atom. The number of nitrogens with zero attached hydrogens (tertiary/aromatic N) is 1. The smallest absolute Gasteiger partial charge is 0.242 e. The first-order valence-electron chi connectivity index (χ1n) is 6.06. The number of rotatable bonds is 5. The van der Waals surface area contributed by atoms with E-state index in [1.54, 1.807) is 24.0 Å². The van der Waals surface area contributed by atoms with Gasteiger partial charge in [-0.3, -0.25) is 0 Å². The lowest BCUT2D eigenvalue weighted by Gasteiger charge is -2.10. The zero-order valence-electron chi connectivity index (χ0n) is 10.4. The molecule has 0 aromatic carbocycles. The molecule has 1 aromatic rings. The maximum absolute atomic E-state index is 12.2. The zero-order valence-corrected chi connectivity index (χ0v) is 12.1. The summed E-state index contributed by atoms with van der Waals surface area (Å²) in [6.45, 7) is 3.04. The van der Waals surface area contributed by atoms with E-state index >= 15 is 0 Å². The number of nitrogens with two attached hydrogens (primary N) is 1. The van der Waals surface area contributed by atoms with Crippen molar-refractivity contribution in [3.8, 4) is 0 Å². The number of thioether (sulfide) groups is 1. The van der Waals surface area contributed by atoms with E-state index in [0.29, 0.717) is 11.4 Å². The first-order valence-corrected chi connectivity index (χ1v) is 8.69. The Balaban J connectivity index is 2.20. The maximum Gasteiger partial charge on any atom is 0.242 e. The van der Waals surface area contributed by atoms with Crippen LogP contribution in [-0.2, 0) is 23.1 Å². The molecule has 1 saturated heterocycles. The zero-order chi connectivity index (χ0) is 13.2. The van der Waals surface area contributed by atoms with E-state index in [4.69, 9.17) is 5.73 Å². The summed E-state index contributed by atoms with van der Waals surface area (Å²) >= 11 is 1.78. The topological polar surface area (TPSA) is 77.1 Å². The first-order chi connectivity index (χ1) is 8.56.